The van der Waals surface area contributed by atoms with Crippen LogP contribution >= 0.6 is 27.3 Å². The summed E-state index contributed by atoms with van der Waals surface area (Å²) in [7, 11) is 0. The average Bonchev–Trinajstić information content (AvgIpc) is 2.92. The molecule has 3 heteroatoms. The number of benzene rings is 2. The molecule has 1 unspecified atom stereocenters. The predicted octanol–water partition coefficient (Wildman–Crippen LogP) is 5.67. The number of halogens is 1. The van der Waals surface area contributed by atoms with Crippen LogP contribution in [0.1, 0.15) is 33.2 Å². The van der Waals surface area contributed by atoms with E-state index in [-0.39, 0.29) is 0 Å². The van der Waals surface area contributed by atoms with E-state index in [0.717, 1.165) is 14.9 Å². The molecule has 0 aliphatic rings. The maximum Gasteiger partial charge on any atom is 0.114 e. The lowest BCUT2D eigenvalue weighted by atomic mass is 9.95. The van der Waals surface area contributed by atoms with Gasteiger partial charge in [0.25, 0.3) is 0 Å². The summed E-state index contributed by atoms with van der Waals surface area (Å²) in [4.78, 5) is 0.995. The smallest absolute Gasteiger partial charge is 0.114 e. The van der Waals surface area contributed by atoms with E-state index >= 15 is 0 Å². The zero-order valence-electron chi connectivity index (χ0n) is 12.3. The number of hydrogen-bond donors (Lipinski definition) is 1. The summed E-state index contributed by atoms with van der Waals surface area (Å²) in [5, 5.41) is 12.0. The fourth-order valence-electron chi connectivity index (χ4n) is 2.60. The molecule has 0 amide bonds. The molecule has 1 heterocycles. The fourth-order valence-corrected chi connectivity index (χ4v) is 4.22. The molecule has 1 nitrogen and oxygen atoms in total. The largest absolute Gasteiger partial charge is 0.383 e. The van der Waals surface area contributed by atoms with E-state index in [9.17, 15) is 5.11 Å². The number of aliphatic hydroxyl groups excluding tert-OH is 1. The van der Waals surface area contributed by atoms with Gasteiger partial charge in [-0.3, -0.25) is 0 Å². The Hall–Kier alpha value is -1.16. The van der Waals surface area contributed by atoms with Gasteiger partial charge < -0.3 is 5.11 Å². The van der Waals surface area contributed by atoms with E-state index in [1.165, 1.54) is 26.8 Å². The number of aliphatic hydroxyl groups is 1. The quantitative estimate of drug-likeness (QED) is 0.623. The standard InChI is InChI=1S/C18H17BrOS/c1-10-11(2)14(9-15(19)12(10)3)18(20)17-8-13-6-4-5-7-16(13)21-17/h4-9,18,20H,1-3H3. The Labute approximate surface area is 137 Å². The zero-order chi connectivity index (χ0) is 15.1. The van der Waals surface area contributed by atoms with Crippen LogP contribution in [-0.2, 0) is 0 Å². The van der Waals surface area contributed by atoms with Crippen molar-refractivity contribution < 1.29 is 5.11 Å². The maximum atomic E-state index is 10.8. The third-order valence-electron chi connectivity index (χ3n) is 4.21. The number of fused-ring (bicyclic) bond motifs is 1. The molecular weight excluding hydrogens is 344 g/mol. The molecule has 0 fully saturated rings. The van der Waals surface area contributed by atoms with Gasteiger partial charge in [0.2, 0.25) is 0 Å². The Morgan fingerprint density at radius 3 is 2.43 bits per heavy atom. The molecule has 3 rings (SSSR count). The van der Waals surface area contributed by atoms with Gasteiger partial charge in [0, 0.05) is 14.0 Å². The van der Waals surface area contributed by atoms with E-state index in [1.54, 1.807) is 11.3 Å². The second kappa shape index (κ2) is 5.56. The molecule has 0 radical (unpaired) electrons. The van der Waals surface area contributed by atoms with Crippen LogP contribution in [-0.4, -0.2) is 5.11 Å². The van der Waals surface area contributed by atoms with Gasteiger partial charge in [0.1, 0.15) is 6.10 Å². The SMILES string of the molecule is Cc1c(Br)cc(C(O)c2cc3ccccc3s2)c(C)c1C. The predicted molar refractivity (Wildman–Crippen MR) is 94.2 cm³/mol. The van der Waals surface area contributed by atoms with Crippen LogP contribution < -0.4 is 0 Å². The first-order valence-electron chi connectivity index (χ1n) is 6.91. The number of thiophene rings is 1. The number of rotatable bonds is 2. The lowest BCUT2D eigenvalue weighted by molar-refractivity contribution is 0.223. The minimum Gasteiger partial charge on any atom is -0.383 e. The van der Waals surface area contributed by atoms with Crippen LogP contribution in [0.5, 0.6) is 0 Å². The first-order chi connectivity index (χ1) is 9.99. The van der Waals surface area contributed by atoms with Crippen molar-refractivity contribution in [2.45, 2.75) is 26.9 Å². The van der Waals surface area contributed by atoms with Gasteiger partial charge in [-0.2, -0.15) is 0 Å². The summed E-state index contributed by atoms with van der Waals surface area (Å²) >= 11 is 5.26. The van der Waals surface area contributed by atoms with Crippen molar-refractivity contribution in [1.82, 2.24) is 0 Å². The van der Waals surface area contributed by atoms with Crippen LogP contribution in [0, 0.1) is 20.8 Å². The van der Waals surface area contributed by atoms with Gasteiger partial charge in [-0.15, -0.1) is 11.3 Å². The molecule has 3 aromatic rings. The normalized spacial score (nSPS) is 12.8. The van der Waals surface area contributed by atoms with E-state index in [4.69, 9.17) is 0 Å². The lowest BCUT2D eigenvalue weighted by Gasteiger charge is -2.17. The van der Waals surface area contributed by atoms with Crippen molar-refractivity contribution in [3.05, 3.63) is 68.0 Å². The van der Waals surface area contributed by atoms with Gasteiger partial charge in [-0.05, 0) is 66.6 Å². The summed E-state index contributed by atoms with van der Waals surface area (Å²) in [6.45, 7) is 6.29. The van der Waals surface area contributed by atoms with E-state index < -0.39 is 6.10 Å². The second-order valence-corrected chi connectivity index (χ2v) is 7.38. The molecule has 1 atom stereocenters. The minimum absolute atomic E-state index is 0.571. The van der Waals surface area contributed by atoms with Crippen LogP contribution in [0.3, 0.4) is 0 Å². The van der Waals surface area contributed by atoms with Crippen molar-refractivity contribution >= 4 is 37.4 Å². The Kier molecular flexibility index (Phi) is 3.91. The maximum absolute atomic E-state index is 10.8. The third kappa shape index (κ3) is 2.54. The van der Waals surface area contributed by atoms with Gasteiger partial charge in [0.15, 0.2) is 0 Å². The highest BCUT2D eigenvalue weighted by atomic mass is 79.9. The van der Waals surface area contributed by atoms with Crippen molar-refractivity contribution in [3.63, 3.8) is 0 Å². The lowest BCUT2D eigenvalue weighted by Crippen LogP contribution is -2.03. The van der Waals surface area contributed by atoms with Gasteiger partial charge in [-0.1, -0.05) is 34.1 Å². The molecule has 0 aliphatic heterocycles. The average molecular weight is 361 g/mol. The highest BCUT2D eigenvalue weighted by molar-refractivity contribution is 9.10. The van der Waals surface area contributed by atoms with Crippen molar-refractivity contribution in [1.29, 1.82) is 0 Å². The molecule has 2 aromatic carbocycles. The summed E-state index contributed by atoms with van der Waals surface area (Å²) in [6.07, 6.45) is -0.571. The molecular formula is C18H17BrOS. The summed E-state index contributed by atoms with van der Waals surface area (Å²) in [5.74, 6) is 0. The zero-order valence-corrected chi connectivity index (χ0v) is 14.7. The van der Waals surface area contributed by atoms with Crippen LogP contribution in [0.2, 0.25) is 0 Å². The van der Waals surface area contributed by atoms with E-state index in [1.807, 2.05) is 18.2 Å². The van der Waals surface area contributed by atoms with E-state index in [2.05, 4.69) is 54.9 Å². The summed E-state index contributed by atoms with van der Waals surface area (Å²) in [6, 6.07) is 12.4. The second-order valence-electron chi connectivity index (χ2n) is 5.41. The minimum atomic E-state index is -0.571. The number of hydrogen-bond acceptors (Lipinski definition) is 2. The molecule has 108 valence electrons. The van der Waals surface area contributed by atoms with Crippen molar-refractivity contribution in [2.24, 2.45) is 0 Å². The van der Waals surface area contributed by atoms with Gasteiger partial charge in [0.05, 0.1) is 0 Å². The molecule has 1 N–H and O–H groups in total. The monoisotopic (exact) mass is 360 g/mol. The van der Waals surface area contributed by atoms with Crippen LogP contribution in [0.4, 0.5) is 0 Å². The van der Waals surface area contributed by atoms with Gasteiger partial charge >= 0.3 is 0 Å². The molecule has 0 saturated carbocycles. The molecule has 21 heavy (non-hydrogen) atoms. The van der Waals surface area contributed by atoms with Gasteiger partial charge in [-0.25, -0.2) is 0 Å². The van der Waals surface area contributed by atoms with Crippen molar-refractivity contribution in [3.8, 4) is 0 Å². The Balaban J connectivity index is 2.11. The van der Waals surface area contributed by atoms with Crippen LogP contribution in [0.25, 0.3) is 10.1 Å². The Morgan fingerprint density at radius 1 is 1.00 bits per heavy atom. The third-order valence-corrected chi connectivity index (χ3v) is 6.20. The van der Waals surface area contributed by atoms with E-state index in [0.29, 0.717) is 0 Å². The molecule has 0 bridgehead atoms. The highest BCUT2D eigenvalue weighted by Gasteiger charge is 2.18. The summed E-state index contributed by atoms with van der Waals surface area (Å²) < 4.78 is 2.27. The Morgan fingerprint density at radius 2 is 1.71 bits per heavy atom. The topological polar surface area (TPSA) is 20.2 Å². The highest BCUT2D eigenvalue weighted by Crippen LogP contribution is 2.37. The molecule has 1 aromatic heterocycles. The first kappa shape index (κ1) is 14.8. The summed E-state index contributed by atoms with van der Waals surface area (Å²) in [5.41, 5.74) is 4.62. The van der Waals surface area contributed by atoms with Crippen LogP contribution in [0.15, 0.2) is 40.9 Å². The molecule has 0 spiro atoms. The fraction of sp³-hybridized carbons (Fsp3) is 0.222. The Bertz CT molecular complexity index is 786. The molecule has 0 aliphatic carbocycles. The molecule has 0 saturated heterocycles. The van der Waals surface area contributed by atoms with Crippen molar-refractivity contribution in [2.75, 3.05) is 0 Å². The first-order valence-corrected chi connectivity index (χ1v) is 8.52.